The number of nitrogens with zero attached hydrogens (tertiary/aromatic N) is 1. The second-order valence-corrected chi connectivity index (χ2v) is 5.86. The highest BCUT2D eigenvalue weighted by Gasteiger charge is 2.53. The SMILES string of the molecule is O=C(NC1C2CNCC21)c1cc(Br)cc([N+](=O)[O-])c1. The summed E-state index contributed by atoms with van der Waals surface area (Å²) in [6, 6.07) is 4.49. The number of amides is 1. The van der Waals surface area contributed by atoms with Gasteiger partial charge in [-0.3, -0.25) is 14.9 Å². The number of halogens is 1. The average Bonchev–Trinajstić information content (AvgIpc) is 2.81. The number of nitro benzene ring substituents is 1. The van der Waals surface area contributed by atoms with E-state index < -0.39 is 4.92 Å². The molecule has 7 heteroatoms. The fraction of sp³-hybridized carbons (Fsp3) is 0.417. The summed E-state index contributed by atoms with van der Waals surface area (Å²) < 4.78 is 0.532. The smallest absolute Gasteiger partial charge is 0.271 e. The van der Waals surface area contributed by atoms with Crippen molar-refractivity contribution >= 4 is 27.5 Å². The van der Waals surface area contributed by atoms with Gasteiger partial charge < -0.3 is 10.6 Å². The molecule has 2 atom stereocenters. The minimum atomic E-state index is -0.503. The lowest BCUT2D eigenvalue weighted by atomic mass is 10.2. The van der Waals surface area contributed by atoms with Crippen LogP contribution in [-0.4, -0.2) is 30.0 Å². The molecule has 1 amide bonds. The summed E-state index contributed by atoms with van der Waals surface area (Å²) in [6.45, 7) is 1.88. The Morgan fingerprint density at radius 3 is 2.68 bits per heavy atom. The van der Waals surface area contributed by atoms with Crippen LogP contribution in [0.2, 0.25) is 0 Å². The van der Waals surface area contributed by atoms with Gasteiger partial charge in [-0.1, -0.05) is 15.9 Å². The van der Waals surface area contributed by atoms with E-state index in [9.17, 15) is 14.9 Å². The van der Waals surface area contributed by atoms with Crippen LogP contribution in [0, 0.1) is 22.0 Å². The van der Waals surface area contributed by atoms with Crippen molar-refractivity contribution < 1.29 is 9.72 Å². The van der Waals surface area contributed by atoms with E-state index in [0.717, 1.165) is 13.1 Å². The monoisotopic (exact) mass is 325 g/mol. The maximum absolute atomic E-state index is 12.1. The van der Waals surface area contributed by atoms with Gasteiger partial charge >= 0.3 is 0 Å². The summed E-state index contributed by atoms with van der Waals surface area (Å²) in [5, 5.41) is 17.0. The number of hydrogen-bond acceptors (Lipinski definition) is 4. The number of nitro groups is 1. The number of hydrogen-bond donors (Lipinski definition) is 2. The van der Waals surface area contributed by atoms with E-state index in [1.165, 1.54) is 12.1 Å². The summed E-state index contributed by atoms with van der Waals surface area (Å²) >= 11 is 3.19. The molecular formula is C12H12BrN3O3. The highest BCUT2D eigenvalue weighted by molar-refractivity contribution is 9.10. The van der Waals surface area contributed by atoms with Crippen LogP contribution in [-0.2, 0) is 0 Å². The van der Waals surface area contributed by atoms with Crippen molar-refractivity contribution in [2.24, 2.45) is 11.8 Å². The third-order valence-corrected chi connectivity index (χ3v) is 4.20. The third kappa shape index (κ3) is 2.35. The number of nitrogens with one attached hydrogen (secondary N) is 2. The Morgan fingerprint density at radius 2 is 2.05 bits per heavy atom. The zero-order chi connectivity index (χ0) is 13.6. The van der Waals surface area contributed by atoms with Crippen LogP contribution >= 0.6 is 15.9 Å². The molecule has 1 heterocycles. The molecule has 3 rings (SSSR count). The van der Waals surface area contributed by atoms with Gasteiger partial charge in [-0.15, -0.1) is 0 Å². The predicted molar refractivity (Wildman–Crippen MR) is 71.9 cm³/mol. The van der Waals surface area contributed by atoms with Gasteiger partial charge in [0.05, 0.1) is 4.92 Å². The standard InChI is InChI=1S/C12H12BrN3O3/c13-7-1-6(2-8(3-7)16(18)19)12(17)15-11-9-4-14-5-10(9)11/h1-3,9-11,14H,4-5H2,(H,15,17). The quantitative estimate of drug-likeness (QED) is 0.648. The van der Waals surface area contributed by atoms with Crippen LogP contribution in [0.1, 0.15) is 10.4 Å². The van der Waals surface area contributed by atoms with E-state index >= 15 is 0 Å². The van der Waals surface area contributed by atoms with Crippen molar-refractivity contribution in [3.8, 4) is 0 Å². The van der Waals surface area contributed by atoms with E-state index in [0.29, 0.717) is 21.9 Å². The van der Waals surface area contributed by atoms with Gasteiger partial charge in [-0.05, 0) is 17.9 Å². The number of benzene rings is 1. The Kier molecular flexibility index (Phi) is 3.02. The van der Waals surface area contributed by atoms with Gasteiger partial charge in [0.2, 0.25) is 0 Å². The zero-order valence-electron chi connectivity index (χ0n) is 9.93. The van der Waals surface area contributed by atoms with Crippen LogP contribution in [0.3, 0.4) is 0 Å². The van der Waals surface area contributed by atoms with Gasteiger partial charge in [0.15, 0.2) is 0 Å². The maximum Gasteiger partial charge on any atom is 0.271 e. The summed E-state index contributed by atoms with van der Waals surface area (Å²) in [6.07, 6.45) is 0. The Morgan fingerprint density at radius 1 is 1.37 bits per heavy atom. The highest BCUT2D eigenvalue weighted by Crippen LogP contribution is 2.41. The van der Waals surface area contributed by atoms with Gasteiger partial charge in [0.25, 0.3) is 11.6 Å². The van der Waals surface area contributed by atoms with E-state index in [1.807, 2.05) is 0 Å². The molecule has 100 valence electrons. The van der Waals surface area contributed by atoms with Crippen molar-refractivity contribution in [3.63, 3.8) is 0 Å². The van der Waals surface area contributed by atoms with Gasteiger partial charge in [-0.2, -0.15) is 0 Å². The molecule has 1 aliphatic carbocycles. The molecule has 19 heavy (non-hydrogen) atoms. The van der Waals surface area contributed by atoms with Crippen LogP contribution in [0.25, 0.3) is 0 Å². The van der Waals surface area contributed by atoms with Crippen molar-refractivity contribution in [2.75, 3.05) is 13.1 Å². The Balaban J connectivity index is 1.74. The number of fused-ring (bicyclic) bond motifs is 1. The summed E-state index contributed by atoms with van der Waals surface area (Å²) in [5.41, 5.74) is 0.233. The van der Waals surface area contributed by atoms with Crippen molar-refractivity contribution in [3.05, 3.63) is 38.3 Å². The molecule has 0 bridgehead atoms. The first-order valence-electron chi connectivity index (χ1n) is 6.03. The van der Waals surface area contributed by atoms with Crippen LogP contribution < -0.4 is 10.6 Å². The number of carbonyl (C=O) groups excluding carboxylic acids is 1. The fourth-order valence-corrected chi connectivity index (χ4v) is 3.16. The molecule has 2 fully saturated rings. The highest BCUT2D eigenvalue weighted by atomic mass is 79.9. The normalized spacial score (nSPS) is 27.7. The molecule has 1 saturated carbocycles. The Labute approximate surface area is 117 Å². The van der Waals surface area contributed by atoms with Crippen LogP contribution in [0.15, 0.2) is 22.7 Å². The van der Waals surface area contributed by atoms with Crippen LogP contribution in [0.5, 0.6) is 0 Å². The van der Waals surface area contributed by atoms with E-state index in [2.05, 4.69) is 26.6 Å². The second-order valence-electron chi connectivity index (χ2n) is 4.94. The first kappa shape index (κ1) is 12.6. The zero-order valence-corrected chi connectivity index (χ0v) is 11.5. The lowest BCUT2D eigenvalue weighted by Gasteiger charge is -2.08. The molecule has 1 aliphatic heterocycles. The first-order chi connectivity index (χ1) is 9.06. The molecule has 2 N–H and O–H groups in total. The molecule has 0 radical (unpaired) electrons. The molecule has 2 unspecified atom stereocenters. The Bertz CT molecular complexity index is 553. The van der Waals surface area contributed by atoms with Gasteiger partial charge in [0.1, 0.15) is 0 Å². The van der Waals surface area contributed by atoms with E-state index in [1.54, 1.807) is 6.07 Å². The van der Waals surface area contributed by atoms with Gasteiger partial charge in [0, 0.05) is 41.3 Å². The fourth-order valence-electron chi connectivity index (χ4n) is 2.68. The molecule has 1 aromatic rings. The van der Waals surface area contributed by atoms with Crippen molar-refractivity contribution in [1.29, 1.82) is 0 Å². The number of piperidine rings is 1. The van der Waals surface area contributed by atoms with Crippen molar-refractivity contribution in [2.45, 2.75) is 6.04 Å². The number of rotatable bonds is 3. The lowest BCUT2D eigenvalue weighted by molar-refractivity contribution is -0.385. The van der Waals surface area contributed by atoms with Crippen molar-refractivity contribution in [1.82, 2.24) is 10.6 Å². The molecule has 2 aliphatic rings. The average molecular weight is 326 g/mol. The summed E-state index contributed by atoms with van der Waals surface area (Å²) in [4.78, 5) is 22.3. The molecule has 1 saturated heterocycles. The third-order valence-electron chi connectivity index (χ3n) is 3.74. The minimum absolute atomic E-state index is 0.0859. The maximum atomic E-state index is 12.1. The first-order valence-corrected chi connectivity index (χ1v) is 6.82. The van der Waals surface area contributed by atoms with Gasteiger partial charge in [-0.25, -0.2) is 0 Å². The molecule has 0 spiro atoms. The molecule has 0 aromatic heterocycles. The summed E-state index contributed by atoms with van der Waals surface area (Å²) in [5.74, 6) is 0.793. The minimum Gasteiger partial charge on any atom is -0.349 e. The Hall–Kier alpha value is -1.47. The van der Waals surface area contributed by atoms with E-state index in [-0.39, 0.29) is 17.6 Å². The second kappa shape index (κ2) is 4.57. The number of carbonyl (C=O) groups is 1. The molecular weight excluding hydrogens is 314 g/mol. The largest absolute Gasteiger partial charge is 0.349 e. The molecule has 1 aromatic carbocycles. The summed E-state index contributed by atoms with van der Waals surface area (Å²) in [7, 11) is 0. The lowest BCUT2D eigenvalue weighted by Crippen LogP contribution is -2.32. The topological polar surface area (TPSA) is 84.3 Å². The van der Waals surface area contributed by atoms with E-state index in [4.69, 9.17) is 0 Å². The molecule has 6 nitrogen and oxygen atoms in total. The predicted octanol–water partition coefficient (Wildman–Crippen LogP) is 1.30. The number of non-ortho nitro benzene ring substituents is 1. The van der Waals surface area contributed by atoms with Crippen LogP contribution in [0.4, 0.5) is 5.69 Å².